The van der Waals surface area contributed by atoms with E-state index in [-0.39, 0.29) is 6.61 Å². The molecule has 0 fully saturated rings. The number of hydrogen-bond donors (Lipinski definition) is 2. The molecule has 0 amide bonds. The maximum absolute atomic E-state index is 10.4. The van der Waals surface area contributed by atoms with Gasteiger partial charge in [0.05, 0.1) is 6.61 Å². The van der Waals surface area contributed by atoms with Gasteiger partial charge in [-0.1, -0.05) is 51.9 Å². The minimum atomic E-state index is -4.30. The van der Waals surface area contributed by atoms with E-state index in [0.717, 1.165) is 13.0 Å². The lowest BCUT2D eigenvalue weighted by atomic mass is 10.1. The van der Waals surface area contributed by atoms with Crippen LogP contribution in [0.4, 0.5) is 0 Å². The van der Waals surface area contributed by atoms with Gasteiger partial charge in [0.1, 0.15) is 0 Å². The van der Waals surface area contributed by atoms with E-state index in [2.05, 4.69) is 11.4 Å². The number of rotatable bonds is 14. The lowest BCUT2D eigenvalue weighted by Gasteiger charge is -2.06. The number of unbranched alkanes of at least 4 members (excludes halogenated alkanes) is 7. The molecule has 6 heteroatoms. The van der Waals surface area contributed by atoms with E-state index >= 15 is 0 Å². The lowest BCUT2D eigenvalue weighted by molar-refractivity contribution is 0.108. The van der Waals surface area contributed by atoms with Gasteiger partial charge in [-0.05, 0) is 12.8 Å². The summed E-state index contributed by atoms with van der Waals surface area (Å²) < 4.78 is 20.0. The fourth-order valence-electron chi connectivity index (χ4n) is 1.78. The van der Waals surface area contributed by atoms with Crippen LogP contribution in [-0.2, 0) is 13.8 Å². The van der Waals surface area contributed by atoms with Crippen molar-refractivity contribution in [3.63, 3.8) is 0 Å². The average molecular weight is 296 g/mol. The molecule has 0 saturated heterocycles. The van der Waals surface area contributed by atoms with Gasteiger partial charge >= 0.3 is 7.82 Å². The van der Waals surface area contributed by atoms with Crippen molar-refractivity contribution >= 4 is 7.82 Å². The van der Waals surface area contributed by atoms with Crippen molar-refractivity contribution in [3.8, 4) is 0 Å². The Labute approximate surface area is 116 Å². The topological polar surface area (TPSA) is 76.0 Å². The van der Waals surface area contributed by atoms with Gasteiger partial charge in [0.2, 0.25) is 0 Å². The van der Waals surface area contributed by atoms with Crippen molar-refractivity contribution in [2.45, 2.75) is 64.7 Å². The zero-order chi connectivity index (χ0) is 14.4. The van der Waals surface area contributed by atoms with E-state index in [1.165, 1.54) is 44.9 Å². The van der Waals surface area contributed by atoms with Crippen molar-refractivity contribution in [2.24, 2.45) is 0 Å². The third kappa shape index (κ3) is 18.1. The molecule has 5 nitrogen and oxygen atoms in total. The van der Waals surface area contributed by atoms with E-state index in [1.807, 2.05) is 0 Å². The second-order valence-electron chi connectivity index (χ2n) is 4.76. The van der Waals surface area contributed by atoms with Crippen LogP contribution in [0, 0.1) is 0 Å². The SMILES string of the molecule is CCCCCCCCCCOCCCOP(=O)(O)O. The predicted octanol–water partition coefficient (Wildman–Crippen LogP) is 3.64. The molecule has 0 unspecified atom stereocenters. The highest BCUT2D eigenvalue weighted by Gasteiger charge is 2.12. The minimum absolute atomic E-state index is 0.0434. The fraction of sp³-hybridized carbons (Fsp3) is 1.00. The van der Waals surface area contributed by atoms with Crippen LogP contribution in [0.2, 0.25) is 0 Å². The Morgan fingerprint density at radius 2 is 1.32 bits per heavy atom. The zero-order valence-electron chi connectivity index (χ0n) is 12.1. The molecule has 0 aliphatic carbocycles. The summed E-state index contributed by atoms with van der Waals surface area (Å²) in [7, 11) is -4.30. The van der Waals surface area contributed by atoms with Crippen LogP contribution < -0.4 is 0 Å². The van der Waals surface area contributed by atoms with Crippen LogP contribution in [0.3, 0.4) is 0 Å². The van der Waals surface area contributed by atoms with Crippen molar-refractivity contribution in [2.75, 3.05) is 19.8 Å². The van der Waals surface area contributed by atoms with E-state index in [9.17, 15) is 4.57 Å². The summed E-state index contributed by atoms with van der Waals surface area (Å²) in [6.45, 7) is 3.49. The first kappa shape index (κ1) is 19.1. The maximum atomic E-state index is 10.4. The molecular weight excluding hydrogens is 267 g/mol. The maximum Gasteiger partial charge on any atom is 0.469 e. The molecule has 0 bridgehead atoms. The van der Waals surface area contributed by atoms with Crippen molar-refractivity contribution in [1.82, 2.24) is 0 Å². The van der Waals surface area contributed by atoms with E-state index in [0.29, 0.717) is 13.0 Å². The summed E-state index contributed by atoms with van der Waals surface area (Å²) in [5.74, 6) is 0. The Morgan fingerprint density at radius 1 is 0.789 bits per heavy atom. The smallest absolute Gasteiger partial charge is 0.381 e. The molecule has 116 valence electrons. The van der Waals surface area contributed by atoms with Gasteiger partial charge in [-0.2, -0.15) is 0 Å². The fourth-order valence-corrected chi connectivity index (χ4v) is 2.15. The molecule has 0 spiro atoms. The monoisotopic (exact) mass is 296 g/mol. The molecule has 2 N–H and O–H groups in total. The molecule has 0 rings (SSSR count). The summed E-state index contributed by atoms with van der Waals surface area (Å²) in [5, 5.41) is 0. The third-order valence-corrected chi connectivity index (χ3v) is 3.35. The van der Waals surface area contributed by atoms with Gasteiger partial charge < -0.3 is 14.5 Å². The first-order valence-electron chi connectivity index (χ1n) is 7.34. The Balaban J connectivity index is 3.01. The van der Waals surface area contributed by atoms with E-state index < -0.39 is 7.82 Å². The Morgan fingerprint density at radius 3 is 1.89 bits per heavy atom. The molecule has 0 radical (unpaired) electrons. The summed E-state index contributed by atoms with van der Waals surface area (Å²) in [5.41, 5.74) is 0. The van der Waals surface area contributed by atoms with Crippen molar-refractivity contribution in [3.05, 3.63) is 0 Å². The molecule has 0 aromatic carbocycles. The molecule has 0 atom stereocenters. The van der Waals surface area contributed by atoms with Gasteiger partial charge in [0.25, 0.3) is 0 Å². The highest BCUT2D eigenvalue weighted by molar-refractivity contribution is 7.46. The van der Waals surface area contributed by atoms with Gasteiger partial charge in [-0.15, -0.1) is 0 Å². The van der Waals surface area contributed by atoms with Crippen LogP contribution >= 0.6 is 7.82 Å². The van der Waals surface area contributed by atoms with Gasteiger partial charge in [-0.25, -0.2) is 4.57 Å². The zero-order valence-corrected chi connectivity index (χ0v) is 12.9. The third-order valence-electron chi connectivity index (χ3n) is 2.83. The minimum Gasteiger partial charge on any atom is -0.381 e. The van der Waals surface area contributed by atoms with E-state index in [1.54, 1.807) is 0 Å². The standard InChI is InChI=1S/C13H29O5P/c1-2-3-4-5-6-7-8-9-11-17-12-10-13-18-19(14,15)16/h2-13H2,1H3,(H2,14,15,16). The summed E-state index contributed by atoms with van der Waals surface area (Å²) in [4.78, 5) is 16.9. The normalized spacial score (nSPS) is 11.9. The highest BCUT2D eigenvalue weighted by Crippen LogP contribution is 2.35. The molecule has 0 aromatic rings. The second-order valence-corrected chi connectivity index (χ2v) is 6.00. The Kier molecular flexibility index (Phi) is 13.1. The number of hydrogen-bond acceptors (Lipinski definition) is 3. The molecule has 0 heterocycles. The highest BCUT2D eigenvalue weighted by atomic mass is 31.2. The molecule has 0 aromatic heterocycles. The number of phosphoric ester groups is 1. The van der Waals surface area contributed by atoms with Crippen LogP contribution in [-0.4, -0.2) is 29.6 Å². The van der Waals surface area contributed by atoms with E-state index in [4.69, 9.17) is 14.5 Å². The Hall–Kier alpha value is 0.0700. The summed E-state index contributed by atoms with van der Waals surface area (Å²) >= 11 is 0. The van der Waals surface area contributed by atoms with Crippen LogP contribution in [0.15, 0.2) is 0 Å². The summed E-state index contributed by atoms with van der Waals surface area (Å²) in [6, 6.07) is 0. The number of phosphoric acid groups is 1. The lowest BCUT2D eigenvalue weighted by Crippen LogP contribution is -2.01. The molecule has 0 aliphatic heterocycles. The van der Waals surface area contributed by atoms with Gasteiger partial charge in [0, 0.05) is 13.2 Å². The van der Waals surface area contributed by atoms with Gasteiger partial charge in [-0.3, -0.25) is 4.52 Å². The van der Waals surface area contributed by atoms with Crippen LogP contribution in [0.5, 0.6) is 0 Å². The van der Waals surface area contributed by atoms with Gasteiger partial charge in [0.15, 0.2) is 0 Å². The second kappa shape index (κ2) is 13.1. The Bertz CT molecular complexity index is 229. The first-order chi connectivity index (χ1) is 9.06. The van der Waals surface area contributed by atoms with Crippen LogP contribution in [0.1, 0.15) is 64.7 Å². The summed E-state index contributed by atoms with van der Waals surface area (Å²) in [6.07, 6.45) is 10.7. The molecule has 0 saturated carbocycles. The average Bonchev–Trinajstić information content (AvgIpc) is 2.34. The van der Waals surface area contributed by atoms with Crippen molar-refractivity contribution in [1.29, 1.82) is 0 Å². The first-order valence-corrected chi connectivity index (χ1v) is 8.87. The number of ether oxygens (including phenoxy) is 1. The largest absolute Gasteiger partial charge is 0.469 e. The molecule has 19 heavy (non-hydrogen) atoms. The van der Waals surface area contributed by atoms with Crippen molar-refractivity contribution < 1.29 is 23.6 Å². The molecule has 0 aliphatic rings. The quantitative estimate of drug-likeness (QED) is 0.378. The molecular formula is C13H29O5P. The predicted molar refractivity (Wildman–Crippen MR) is 76.0 cm³/mol. The van der Waals surface area contributed by atoms with Crippen LogP contribution in [0.25, 0.3) is 0 Å².